The zero-order valence-corrected chi connectivity index (χ0v) is 7.81. The fourth-order valence-electron chi connectivity index (χ4n) is 1.08. The maximum absolute atomic E-state index is 13.1. The van der Waals surface area contributed by atoms with Crippen LogP contribution in [0.1, 0.15) is 17.5 Å². The SMILES string of the molecule is Cc1ccc(F)c(C(O)C(O)CN)n1. The maximum Gasteiger partial charge on any atom is 0.147 e. The van der Waals surface area contributed by atoms with E-state index >= 15 is 0 Å². The molecule has 5 heteroatoms. The minimum absolute atomic E-state index is 0.143. The molecule has 0 fully saturated rings. The number of hydrogen-bond donors (Lipinski definition) is 3. The Bertz CT molecular complexity index is 320. The van der Waals surface area contributed by atoms with Crippen molar-refractivity contribution in [1.82, 2.24) is 4.98 Å². The van der Waals surface area contributed by atoms with E-state index in [0.717, 1.165) is 0 Å². The molecule has 0 bridgehead atoms. The number of aryl methyl sites for hydroxylation is 1. The Hall–Kier alpha value is -1.04. The highest BCUT2D eigenvalue weighted by Crippen LogP contribution is 2.17. The first-order chi connectivity index (χ1) is 6.56. The summed E-state index contributed by atoms with van der Waals surface area (Å²) in [6.07, 6.45) is -2.57. The van der Waals surface area contributed by atoms with E-state index in [1.54, 1.807) is 6.92 Å². The Balaban J connectivity index is 2.99. The van der Waals surface area contributed by atoms with Gasteiger partial charge in [-0.05, 0) is 19.1 Å². The zero-order chi connectivity index (χ0) is 10.7. The van der Waals surface area contributed by atoms with Crippen molar-refractivity contribution in [3.63, 3.8) is 0 Å². The van der Waals surface area contributed by atoms with Crippen molar-refractivity contribution in [2.24, 2.45) is 5.73 Å². The normalized spacial score (nSPS) is 15.2. The van der Waals surface area contributed by atoms with Gasteiger partial charge in [-0.25, -0.2) is 4.39 Å². The predicted octanol–water partition coefficient (Wildman–Crippen LogP) is -0.118. The van der Waals surface area contributed by atoms with E-state index in [1.807, 2.05) is 0 Å². The third-order valence-corrected chi connectivity index (χ3v) is 1.90. The molecule has 0 aliphatic carbocycles. The van der Waals surface area contributed by atoms with Crippen LogP contribution in [0, 0.1) is 12.7 Å². The molecule has 2 unspecified atom stereocenters. The molecule has 2 atom stereocenters. The summed E-state index contributed by atoms with van der Waals surface area (Å²) in [5.74, 6) is -0.643. The number of aliphatic hydroxyl groups excluding tert-OH is 2. The van der Waals surface area contributed by atoms with Gasteiger partial charge >= 0.3 is 0 Å². The number of rotatable bonds is 3. The Morgan fingerprint density at radius 3 is 2.71 bits per heavy atom. The summed E-state index contributed by atoms with van der Waals surface area (Å²) >= 11 is 0. The minimum atomic E-state index is -1.38. The molecule has 0 aliphatic rings. The summed E-state index contributed by atoms with van der Waals surface area (Å²) < 4.78 is 13.1. The van der Waals surface area contributed by atoms with Crippen LogP contribution in [0.4, 0.5) is 4.39 Å². The molecule has 14 heavy (non-hydrogen) atoms. The van der Waals surface area contributed by atoms with Crippen LogP contribution >= 0.6 is 0 Å². The second-order valence-electron chi connectivity index (χ2n) is 3.07. The van der Waals surface area contributed by atoms with Crippen molar-refractivity contribution in [2.45, 2.75) is 19.1 Å². The van der Waals surface area contributed by atoms with Crippen LogP contribution in [0.25, 0.3) is 0 Å². The van der Waals surface area contributed by atoms with Crippen LogP contribution in [0.2, 0.25) is 0 Å². The molecule has 4 nitrogen and oxygen atoms in total. The van der Waals surface area contributed by atoms with Gasteiger partial charge in [-0.3, -0.25) is 4.98 Å². The van der Waals surface area contributed by atoms with Crippen LogP contribution in [0.15, 0.2) is 12.1 Å². The Morgan fingerprint density at radius 2 is 2.14 bits per heavy atom. The van der Waals surface area contributed by atoms with E-state index < -0.39 is 18.0 Å². The highest BCUT2D eigenvalue weighted by atomic mass is 19.1. The standard InChI is InChI=1S/C9H13FN2O2/c1-5-2-3-6(10)8(12-5)9(14)7(13)4-11/h2-3,7,9,13-14H,4,11H2,1H3. The van der Waals surface area contributed by atoms with E-state index in [1.165, 1.54) is 12.1 Å². The molecule has 1 rings (SSSR count). The van der Waals surface area contributed by atoms with Crippen molar-refractivity contribution in [1.29, 1.82) is 0 Å². The maximum atomic E-state index is 13.1. The molecule has 0 amide bonds. The Kier molecular flexibility index (Phi) is 3.51. The highest BCUT2D eigenvalue weighted by Gasteiger charge is 2.21. The van der Waals surface area contributed by atoms with Crippen LogP contribution in [0.5, 0.6) is 0 Å². The van der Waals surface area contributed by atoms with Gasteiger partial charge in [-0.1, -0.05) is 0 Å². The molecule has 1 aromatic rings. The number of aliphatic hydroxyl groups is 2. The molecule has 0 saturated heterocycles. The number of pyridine rings is 1. The van der Waals surface area contributed by atoms with Gasteiger partial charge in [-0.2, -0.15) is 0 Å². The van der Waals surface area contributed by atoms with Crippen molar-refractivity contribution in [2.75, 3.05) is 6.54 Å². The number of hydrogen-bond acceptors (Lipinski definition) is 4. The smallest absolute Gasteiger partial charge is 0.147 e. The van der Waals surface area contributed by atoms with E-state index in [-0.39, 0.29) is 12.2 Å². The molecule has 1 aromatic heterocycles. The van der Waals surface area contributed by atoms with Crippen molar-refractivity contribution in [3.05, 3.63) is 29.3 Å². The summed E-state index contributed by atoms with van der Waals surface area (Å²) in [5.41, 5.74) is 5.55. The van der Waals surface area contributed by atoms with Gasteiger partial charge in [0.05, 0.1) is 6.10 Å². The van der Waals surface area contributed by atoms with Gasteiger partial charge in [0.1, 0.15) is 17.6 Å². The van der Waals surface area contributed by atoms with Crippen molar-refractivity contribution >= 4 is 0 Å². The van der Waals surface area contributed by atoms with Crippen LogP contribution < -0.4 is 5.73 Å². The minimum Gasteiger partial charge on any atom is -0.389 e. The first kappa shape index (κ1) is 11.0. The van der Waals surface area contributed by atoms with Crippen LogP contribution in [-0.4, -0.2) is 27.8 Å². The zero-order valence-electron chi connectivity index (χ0n) is 7.81. The van der Waals surface area contributed by atoms with Gasteiger partial charge in [0.15, 0.2) is 0 Å². The van der Waals surface area contributed by atoms with Gasteiger partial charge in [-0.15, -0.1) is 0 Å². The average Bonchev–Trinajstić information content (AvgIpc) is 2.19. The van der Waals surface area contributed by atoms with E-state index in [2.05, 4.69) is 4.98 Å². The Labute approximate surface area is 81.2 Å². The summed E-state index contributed by atoms with van der Waals surface area (Å²) in [7, 11) is 0. The summed E-state index contributed by atoms with van der Waals surface area (Å²) in [6.45, 7) is 1.53. The molecule has 4 N–H and O–H groups in total. The second-order valence-corrected chi connectivity index (χ2v) is 3.07. The fraction of sp³-hybridized carbons (Fsp3) is 0.444. The lowest BCUT2D eigenvalue weighted by molar-refractivity contribution is 0.0193. The van der Waals surface area contributed by atoms with E-state index in [4.69, 9.17) is 5.73 Å². The summed E-state index contributed by atoms with van der Waals surface area (Å²) in [6, 6.07) is 2.69. The fourth-order valence-corrected chi connectivity index (χ4v) is 1.08. The number of nitrogens with two attached hydrogens (primary N) is 1. The summed E-state index contributed by atoms with van der Waals surface area (Å²) in [4.78, 5) is 3.80. The third kappa shape index (κ3) is 2.25. The Morgan fingerprint density at radius 1 is 1.50 bits per heavy atom. The van der Waals surface area contributed by atoms with Crippen molar-refractivity contribution in [3.8, 4) is 0 Å². The lowest BCUT2D eigenvalue weighted by atomic mass is 10.1. The molecule has 1 heterocycles. The third-order valence-electron chi connectivity index (χ3n) is 1.90. The molecule has 0 aromatic carbocycles. The first-order valence-electron chi connectivity index (χ1n) is 4.25. The molecule has 0 spiro atoms. The second kappa shape index (κ2) is 4.45. The quantitative estimate of drug-likeness (QED) is 0.635. The number of nitrogens with zero attached hydrogens (tertiary/aromatic N) is 1. The highest BCUT2D eigenvalue weighted by molar-refractivity contribution is 5.15. The lowest BCUT2D eigenvalue weighted by Crippen LogP contribution is -2.28. The first-order valence-corrected chi connectivity index (χ1v) is 4.25. The van der Waals surface area contributed by atoms with E-state index in [0.29, 0.717) is 5.69 Å². The molecular formula is C9H13FN2O2. The largest absolute Gasteiger partial charge is 0.389 e. The lowest BCUT2D eigenvalue weighted by Gasteiger charge is -2.16. The van der Waals surface area contributed by atoms with Gasteiger partial charge in [0, 0.05) is 12.2 Å². The average molecular weight is 200 g/mol. The number of halogens is 1. The van der Waals surface area contributed by atoms with Crippen molar-refractivity contribution < 1.29 is 14.6 Å². The molecule has 0 saturated carbocycles. The van der Waals surface area contributed by atoms with Crippen LogP contribution in [-0.2, 0) is 0 Å². The van der Waals surface area contributed by atoms with Crippen LogP contribution in [0.3, 0.4) is 0 Å². The predicted molar refractivity (Wildman–Crippen MR) is 49.0 cm³/mol. The molecule has 78 valence electrons. The monoisotopic (exact) mass is 200 g/mol. The molecule has 0 aliphatic heterocycles. The van der Waals surface area contributed by atoms with Gasteiger partial charge in [0.2, 0.25) is 0 Å². The van der Waals surface area contributed by atoms with Gasteiger partial charge in [0.25, 0.3) is 0 Å². The number of aromatic nitrogens is 1. The topological polar surface area (TPSA) is 79.4 Å². The molecular weight excluding hydrogens is 187 g/mol. The van der Waals surface area contributed by atoms with E-state index in [9.17, 15) is 14.6 Å². The van der Waals surface area contributed by atoms with Gasteiger partial charge < -0.3 is 15.9 Å². The molecule has 0 radical (unpaired) electrons. The summed E-state index contributed by atoms with van der Waals surface area (Å²) in [5, 5.41) is 18.7.